The third-order valence-electron chi connectivity index (χ3n) is 2.98. The predicted octanol–water partition coefficient (Wildman–Crippen LogP) is 1.77. The van der Waals surface area contributed by atoms with Crippen LogP contribution in [0.15, 0.2) is 4.99 Å². The number of rotatable bonds is 4. The Morgan fingerprint density at radius 1 is 1.37 bits per heavy atom. The number of nitrogens with zero attached hydrogens (tertiary/aromatic N) is 3. The van der Waals surface area contributed by atoms with Crippen LogP contribution in [-0.2, 0) is 13.5 Å². The van der Waals surface area contributed by atoms with E-state index in [1.54, 1.807) is 7.05 Å². The van der Waals surface area contributed by atoms with Gasteiger partial charge in [-0.3, -0.25) is 9.67 Å². The van der Waals surface area contributed by atoms with Gasteiger partial charge in [-0.1, -0.05) is 0 Å². The van der Waals surface area contributed by atoms with E-state index < -0.39 is 0 Å². The van der Waals surface area contributed by atoms with Crippen molar-refractivity contribution < 1.29 is 0 Å². The van der Waals surface area contributed by atoms with E-state index in [-0.39, 0.29) is 24.0 Å². The Labute approximate surface area is 133 Å². The molecule has 2 N–H and O–H groups in total. The van der Waals surface area contributed by atoms with Crippen LogP contribution in [0.2, 0.25) is 0 Å². The maximum Gasteiger partial charge on any atom is 0.191 e. The molecule has 110 valence electrons. The van der Waals surface area contributed by atoms with Crippen molar-refractivity contribution >= 4 is 29.9 Å². The molecule has 0 saturated heterocycles. The smallest absolute Gasteiger partial charge is 0.191 e. The maximum absolute atomic E-state index is 4.42. The standard InChI is InChI=1S/C13H25N5.HI/c1-9(2)16-13(14-5)15-8-7-12-10(3)17-18(6)11(12)4;/h9H,7-8H2,1-6H3,(H2,14,15,16);1H. The third kappa shape index (κ3) is 5.38. The zero-order chi connectivity index (χ0) is 13.7. The molecule has 0 aliphatic rings. The average Bonchev–Trinajstić information content (AvgIpc) is 2.53. The van der Waals surface area contributed by atoms with Gasteiger partial charge in [0.15, 0.2) is 5.96 Å². The molecule has 0 aromatic carbocycles. The Hall–Kier alpha value is -0.790. The lowest BCUT2D eigenvalue weighted by atomic mass is 10.1. The SMILES string of the molecule is CN=C(NCCc1c(C)nn(C)c1C)NC(C)C.I. The third-order valence-corrected chi connectivity index (χ3v) is 2.98. The molecule has 0 aliphatic heterocycles. The molecular formula is C13H26IN5. The number of aromatic nitrogens is 2. The molecule has 0 unspecified atom stereocenters. The summed E-state index contributed by atoms with van der Waals surface area (Å²) in [6.45, 7) is 9.23. The van der Waals surface area contributed by atoms with Crippen molar-refractivity contribution in [3.63, 3.8) is 0 Å². The number of halogens is 1. The monoisotopic (exact) mass is 379 g/mol. The fourth-order valence-electron chi connectivity index (χ4n) is 1.95. The van der Waals surface area contributed by atoms with E-state index in [0.29, 0.717) is 6.04 Å². The second-order valence-electron chi connectivity index (χ2n) is 4.82. The first kappa shape index (κ1) is 18.2. The summed E-state index contributed by atoms with van der Waals surface area (Å²) in [5.74, 6) is 0.851. The predicted molar refractivity (Wildman–Crippen MR) is 91.4 cm³/mol. The van der Waals surface area contributed by atoms with Gasteiger partial charge in [-0.05, 0) is 39.7 Å². The van der Waals surface area contributed by atoms with Crippen LogP contribution in [0.25, 0.3) is 0 Å². The topological polar surface area (TPSA) is 54.2 Å². The zero-order valence-electron chi connectivity index (χ0n) is 12.7. The molecule has 0 fully saturated rings. The van der Waals surface area contributed by atoms with Gasteiger partial charge in [0.2, 0.25) is 0 Å². The molecule has 0 aliphatic carbocycles. The lowest BCUT2D eigenvalue weighted by Crippen LogP contribution is -2.41. The van der Waals surface area contributed by atoms with Crippen molar-refractivity contribution in [3.05, 3.63) is 17.0 Å². The fraction of sp³-hybridized carbons (Fsp3) is 0.692. The summed E-state index contributed by atoms with van der Waals surface area (Å²) >= 11 is 0. The van der Waals surface area contributed by atoms with Gasteiger partial charge in [0.25, 0.3) is 0 Å². The molecular weight excluding hydrogens is 353 g/mol. The highest BCUT2D eigenvalue weighted by molar-refractivity contribution is 14.0. The first-order chi connectivity index (χ1) is 8.45. The molecule has 0 amide bonds. The van der Waals surface area contributed by atoms with Gasteiger partial charge >= 0.3 is 0 Å². The largest absolute Gasteiger partial charge is 0.356 e. The highest BCUT2D eigenvalue weighted by Gasteiger charge is 2.09. The molecule has 0 radical (unpaired) electrons. The van der Waals surface area contributed by atoms with Crippen molar-refractivity contribution in [2.75, 3.05) is 13.6 Å². The Morgan fingerprint density at radius 3 is 2.42 bits per heavy atom. The van der Waals surface area contributed by atoms with Crippen LogP contribution in [0.5, 0.6) is 0 Å². The minimum Gasteiger partial charge on any atom is -0.356 e. The van der Waals surface area contributed by atoms with Gasteiger partial charge in [-0.2, -0.15) is 5.10 Å². The van der Waals surface area contributed by atoms with Gasteiger partial charge in [-0.25, -0.2) is 0 Å². The zero-order valence-corrected chi connectivity index (χ0v) is 15.1. The van der Waals surface area contributed by atoms with Gasteiger partial charge in [0, 0.05) is 32.4 Å². The van der Waals surface area contributed by atoms with Crippen molar-refractivity contribution in [1.29, 1.82) is 0 Å². The Bertz CT molecular complexity index is 423. The van der Waals surface area contributed by atoms with Crippen LogP contribution in [0, 0.1) is 13.8 Å². The van der Waals surface area contributed by atoms with Crippen LogP contribution < -0.4 is 10.6 Å². The molecule has 1 aromatic heterocycles. The van der Waals surface area contributed by atoms with E-state index in [9.17, 15) is 0 Å². The highest BCUT2D eigenvalue weighted by Crippen LogP contribution is 2.11. The summed E-state index contributed by atoms with van der Waals surface area (Å²) in [6, 6.07) is 0.387. The summed E-state index contributed by atoms with van der Waals surface area (Å²) in [5, 5.41) is 11.0. The van der Waals surface area contributed by atoms with Crippen LogP contribution in [0.3, 0.4) is 0 Å². The molecule has 6 heteroatoms. The number of guanidine groups is 1. The first-order valence-corrected chi connectivity index (χ1v) is 6.42. The molecule has 0 saturated carbocycles. The average molecular weight is 379 g/mol. The minimum absolute atomic E-state index is 0. The van der Waals surface area contributed by atoms with Gasteiger partial charge in [0.1, 0.15) is 0 Å². The van der Waals surface area contributed by atoms with E-state index in [1.165, 1.54) is 11.3 Å². The molecule has 0 atom stereocenters. The lowest BCUT2D eigenvalue weighted by Gasteiger charge is -2.14. The van der Waals surface area contributed by atoms with Crippen molar-refractivity contribution in [1.82, 2.24) is 20.4 Å². The molecule has 0 bridgehead atoms. The Morgan fingerprint density at radius 2 is 2.00 bits per heavy atom. The Kier molecular flexibility index (Phi) is 8.05. The molecule has 19 heavy (non-hydrogen) atoms. The quantitative estimate of drug-likeness (QED) is 0.476. The van der Waals surface area contributed by atoms with Crippen molar-refractivity contribution in [2.45, 2.75) is 40.2 Å². The number of aliphatic imine (C=N–C) groups is 1. The van der Waals surface area contributed by atoms with Crippen LogP contribution in [0.4, 0.5) is 0 Å². The second-order valence-corrected chi connectivity index (χ2v) is 4.82. The van der Waals surface area contributed by atoms with Crippen LogP contribution >= 0.6 is 24.0 Å². The van der Waals surface area contributed by atoms with Crippen molar-refractivity contribution in [2.24, 2.45) is 12.0 Å². The maximum atomic E-state index is 4.42. The first-order valence-electron chi connectivity index (χ1n) is 6.42. The molecule has 1 heterocycles. The number of hydrogen-bond acceptors (Lipinski definition) is 2. The molecule has 1 aromatic rings. The van der Waals surface area contributed by atoms with E-state index in [0.717, 1.165) is 24.6 Å². The second kappa shape index (κ2) is 8.39. The summed E-state index contributed by atoms with van der Waals surface area (Å²) in [7, 11) is 3.77. The van der Waals surface area contributed by atoms with Gasteiger partial charge in [-0.15, -0.1) is 24.0 Å². The summed E-state index contributed by atoms with van der Waals surface area (Å²) < 4.78 is 1.94. The highest BCUT2D eigenvalue weighted by atomic mass is 127. The van der Waals surface area contributed by atoms with E-state index in [2.05, 4.69) is 48.4 Å². The molecule has 0 spiro atoms. The number of nitrogens with one attached hydrogen (secondary N) is 2. The van der Waals surface area contributed by atoms with Crippen LogP contribution in [-0.4, -0.2) is 35.4 Å². The van der Waals surface area contributed by atoms with Crippen LogP contribution in [0.1, 0.15) is 30.8 Å². The van der Waals surface area contributed by atoms with E-state index in [1.807, 2.05) is 11.7 Å². The van der Waals surface area contributed by atoms with Crippen molar-refractivity contribution in [3.8, 4) is 0 Å². The number of hydrogen-bond donors (Lipinski definition) is 2. The minimum atomic E-state index is 0. The van der Waals surface area contributed by atoms with Gasteiger partial charge in [0.05, 0.1) is 5.69 Å². The molecule has 1 rings (SSSR count). The van der Waals surface area contributed by atoms with E-state index in [4.69, 9.17) is 0 Å². The Balaban J connectivity index is 0.00000324. The summed E-state index contributed by atoms with van der Waals surface area (Å²) in [6.07, 6.45) is 0.963. The number of aryl methyl sites for hydroxylation is 2. The lowest BCUT2D eigenvalue weighted by molar-refractivity contribution is 0.696. The molecule has 5 nitrogen and oxygen atoms in total. The summed E-state index contributed by atoms with van der Waals surface area (Å²) in [5.41, 5.74) is 3.68. The van der Waals surface area contributed by atoms with E-state index >= 15 is 0 Å². The summed E-state index contributed by atoms with van der Waals surface area (Å²) in [4.78, 5) is 4.18. The fourth-order valence-corrected chi connectivity index (χ4v) is 1.95. The normalized spacial score (nSPS) is 11.4. The van der Waals surface area contributed by atoms with Gasteiger partial charge < -0.3 is 10.6 Å².